The van der Waals surface area contributed by atoms with Gasteiger partial charge in [0, 0.05) is 12.2 Å². The minimum absolute atomic E-state index is 0.0758. The van der Waals surface area contributed by atoms with E-state index < -0.39 is 0 Å². The van der Waals surface area contributed by atoms with Gasteiger partial charge >= 0.3 is 0 Å². The van der Waals surface area contributed by atoms with Gasteiger partial charge in [0.2, 0.25) is 5.88 Å². The summed E-state index contributed by atoms with van der Waals surface area (Å²) in [4.78, 5) is 2.19. The molecule has 6 heteroatoms. The van der Waals surface area contributed by atoms with E-state index in [1.807, 2.05) is 18.2 Å². The molecule has 0 spiro atoms. The standard InChI is InChI=1S/C12H13N3O2S/c1-2-4-10(5-3-1)15-7-11(17-9-15)8-16-12-6-13-18-14-12/h1-6,11H,7-9H2/t11-/m1/s1. The van der Waals surface area contributed by atoms with Crippen LogP contribution in [0, 0.1) is 0 Å². The molecule has 94 valence electrons. The van der Waals surface area contributed by atoms with Crippen LogP contribution in [-0.4, -0.2) is 34.7 Å². The van der Waals surface area contributed by atoms with Gasteiger partial charge in [-0.05, 0) is 12.1 Å². The van der Waals surface area contributed by atoms with Crippen molar-refractivity contribution in [1.29, 1.82) is 0 Å². The van der Waals surface area contributed by atoms with Gasteiger partial charge in [0.15, 0.2) is 0 Å². The summed E-state index contributed by atoms with van der Waals surface area (Å²) in [5.41, 5.74) is 1.18. The fraction of sp³-hybridized carbons (Fsp3) is 0.333. The van der Waals surface area contributed by atoms with Crippen molar-refractivity contribution in [3.05, 3.63) is 36.5 Å². The monoisotopic (exact) mass is 263 g/mol. The van der Waals surface area contributed by atoms with Crippen molar-refractivity contribution < 1.29 is 9.47 Å². The second-order valence-electron chi connectivity index (χ2n) is 4.03. The zero-order chi connectivity index (χ0) is 12.2. The smallest absolute Gasteiger partial charge is 0.245 e. The molecule has 3 rings (SSSR count). The van der Waals surface area contributed by atoms with Crippen LogP contribution >= 0.6 is 11.7 Å². The van der Waals surface area contributed by atoms with Crippen molar-refractivity contribution in [3.63, 3.8) is 0 Å². The Morgan fingerprint density at radius 1 is 1.39 bits per heavy atom. The molecule has 0 unspecified atom stereocenters. The zero-order valence-corrected chi connectivity index (χ0v) is 10.5. The molecule has 1 saturated heterocycles. The van der Waals surface area contributed by atoms with Crippen LogP contribution in [-0.2, 0) is 4.74 Å². The van der Waals surface area contributed by atoms with E-state index in [4.69, 9.17) is 9.47 Å². The molecule has 18 heavy (non-hydrogen) atoms. The lowest BCUT2D eigenvalue weighted by atomic mass is 10.3. The van der Waals surface area contributed by atoms with E-state index in [2.05, 4.69) is 25.8 Å². The molecule has 2 aromatic rings. The first-order chi connectivity index (χ1) is 8.92. The lowest BCUT2D eigenvalue weighted by molar-refractivity contribution is 0.0720. The quantitative estimate of drug-likeness (QED) is 0.841. The van der Waals surface area contributed by atoms with Gasteiger partial charge in [0.25, 0.3) is 0 Å². The number of hydrogen-bond donors (Lipinski definition) is 0. The number of aromatic nitrogens is 2. The molecular weight excluding hydrogens is 250 g/mol. The Hall–Kier alpha value is -1.66. The van der Waals surface area contributed by atoms with Crippen molar-refractivity contribution >= 4 is 17.4 Å². The van der Waals surface area contributed by atoms with Crippen LogP contribution in [0.15, 0.2) is 36.5 Å². The summed E-state index contributed by atoms with van der Waals surface area (Å²) in [6.07, 6.45) is 1.70. The van der Waals surface area contributed by atoms with Gasteiger partial charge < -0.3 is 14.4 Å². The van der Waals surface area contributed by atoms with Crippen molar-refractivity contribution in [2.45, 2.75) is 6.10 Å². The molecule has 1 aromatic carbocycles. The minimum Gasteiger partial charge on any atom is -0.473 e. The maximum absolute atomic E-state index is 5.67. The van der Waals surface area contributed by atoms with E-state index in [0.717, 1.165) is 18.3 Å². The molecule has 0 amide bonds. The Labute approximate surface area is 109 Å². The Balaban J connectivity index is 1.53. The largest absolute Gasteiger partial charge is 0.473 e. The van der Waals surface area contributed by atoms with Crippen molar-refractivity contribution in [2.75, 3.05) is 24.8 Å². The lowest BCUT2D eigenvalue weighted by Crippen LogP contribution is -2.25. The van der Waals surface area contributed by atoms with Gasteiger partial charge in [0.1, 0.15) is 25.6 Å². The summed E-state index contributed by atoms with van der Waals surface area (Å²) in [6.45, 7) is 1.95. The SMILES string of the molecule is c1ccc(N2CO[C@@H](COc3cnsn3)C2)cc1. The first-order valence-electron chi connectivity index (χ1n) is 5.74. The van der Waals surface area contributed by atoms with Crippen LogP contribution in [0.2, 0.25) is 0 Å². The highest BCUT2D eigenvalue weighted by molar-refractivity contribution is 6.99. The molecule has 0 aliphatic carbocycles. The summed E-state index contributed by atoms with van der Waals surface area (Å²) in [7, 11) is 0. The van der Waals surface area contributed by atoms with E-state index >= 15 is 0 Å². The third-order valence-corrected chi connectivity index (χ3v) is 3.23. The van der Waals surface area contributed by atoms with Crippen LogP contribution in [0.25, 0.3) is 0 Å². The van der Waals surface area contributed by atoms with Crippen LogP contribution < -0.4 is 9.64 Å². The predicted octanol–water partition coefficient (Wildman–Crippen LogP) is 1.78. The van der Waals surface area contributed by atoms with E-state index in [9.17, 15) is 0 Å². The summed E-state index contributed by atoms with van der Waals surface area (Å²) in [5, 5.41) is 0. The van der Waals surface area contributed by atoms with Gasteiger partial charge in [-0.3, -0.25) is 0 Å². The number of rotatable bonds is 4. The summed E-state index contributed by atoms with van der Waals surface area (Å²) in [6, 6.07) is 10.2. The fourth-order valence-electron chi connectivity index (χ4n) is 1.86. The minimum atomic E-state index is 0.0758. The average Bonchev–Trinajstić information content (AvgIpc) is 3.09. The highest BCUT2D eigenvalue weighted by Gasteiger charge is 2.23. The van der Waals surface area contributed by atoms with E-state index in [0.29, 0.717) is 19.2 Å². The number of benzene rings is 1. The van der Waals surface area contributed by atoms with Crippen LogP contribution in [0.5, 0.6) is 5.88 Å². The topological polar surface area (TPSA) is 47.5 Å². The lowest BCUT2D eigenvalue weighted by Gasteiger charge is -2.15. The number of anilines is 1. The molecule has 1 fully saturated rings. The Bertz CT molecular complexity index is 477. The summed E-state index contributed by atoms with van der Waals surface area (Å²) in [5.74, 6) is 0.571. The van der Waals surface area contributed by atoms with Gasteiger partial charge in [-0.25, -0.2) is 0 Å². The van der Waals surface area contributed by atoms with E-state index in [1.54, 1.807) is 6.20 Å². The molecule has 0 saturated carbocycles. The number of ether oxygens (including phenoxy) is 2. The van der Waals surface area contributed by atoms with Gasteiger partial charge in [-0.15, -0.1) is 4.37 Å². The highest BCUT2D eigenvalue weighted by Crippen LogP contribution is 2.19. The molecule has 1 aliphatic heterocycles. The number of nitrogens with zero attached hydrogens (tertiary/aromatic N) is 3. The number of para-hydroxylation sites is 1. The van der Waals surface area contributed by atoms with Crippen molar-refractivity contribution in [3.8, 4) is 5.88 Å². The maximum Gasteiger partial charge on any atom is 0.245 e. The van der Waals surface area contributed by atoms with Crippen LogP contribution in [0.1, 0.15) is 0 Å². The molecule has 5 nitrogen and oxygen atoms in total. The second-order valence-corrected chi connectivity index (χ2v) is 4.59. The summed E-state index contributed by atoms with van der Waals surface area (Å²) >= 11 is 1.14. The Morgan fingerprint density at radius 2 is 2.28 bits per heavy atom. The average molecular weight is 263 g/mol. The molecule has 0 bridgehead atoms. The molecule has 2 heterocycles. The first kappa shape index (κ1) is 11.4. The van der Waals surface area contributed by atoms with E-state index in [-0.39, 0.29) is 6.10 Å². The molecule has 1 aliphatic rings. The van der Waals surface area contributed by atoms with Gasteiger partial charge in [0.05, 0.1) is 11.7 Å². The fourth-order valence-corrected chi connectivity index (χ4v) is 2.23. The Kier molecular flexibility index (Phi) is 3.38. The predicted molar refractivity (Wildman–Crippen MR) is 68.9 cm³/mol. The normalized spacial score (nSPS) is 19.1. The summed E-state index contributed by atoms with van der Waals surface area (Å²) < 4.78 is 19.1. The van der Waals surface area contributed by atoms with E-state index in [1.165, 1.54) is 5.69 Å². The van der Waals surface area contributed by atoms with Gasteiger partial charge in [-0.2, -0.15) is 4.37 Å². The third-order valence-electron chi connectivity index (χ3n) is 2.77. The molecule has 0 radical (unpaired) electrons. The van der Waals surface area contributed by atoms with Gasteiger partial charge in [-0.1, -0.05) is 18.2 Å². The van der Waals surface area contributed by atoms with Crippen LogP contribution in [0.4, 0.5) is 5.69 Å². The van der Waals surface area contributed by atoms with Crippen LogP contribution in [0.3, 0.4) is 0 Å². The van der Waals surface area contributed by atoms with Crippen molar-refractivity contribution in [2.24, 2.45) is 0 Å². The second kappa shape index (κ2) is 5.32. The first-order valence-corrected chi connectivity index (χ1v) is 6.47. The molecule has 1 aromatic heterocycles. The molecule has 0 N–H and O–H groups in total. The highest BCUT2D eigenvalue weighted by atomic mass is 32.1. The molecular formula is C12H13N3O2S. The number of hydrogen-bond acceptors (Lipinski definition) is 6. The molecule has 1 atom stereocenters. The maximum atomic E-state index is 5.67. The van der Waals surface area contributed by atoms with Crippen molar-refractivity contribution in [1.82, 2.24) is 8.75 Å². The zero-order valence-electron chi connectivity index (χ0n) is 9.73. The Morgan fingerprint density at radius 3 is 3.06 bits per heavy atom. The third kappa shape index (κ3) is 2.60.